The van der Waals surface area contributed by atoms with E-state index in [4.69, 9.17) is 4.74 Å². The molecule has 2 aliphatic rings. The molecule has 2 aromatic rings. The summed E-state index contributed by atoms with van der Waals surface area (Å²) < 4.78 is 10.1. The Morgan fingerprint density at radius 3 is 2.97 bits per heavy atom. The van der Waals surface area contributed by atoms with Gasteiger partial charge in [-0.1, -0.05) is 5.21 Å². The maximum atomic E-state index is 12.7. The number of aryl methyl sites for hydroxylation is 1. The topological polar surface area (TPSA) is 110 Å². The van der Waals surface area contributed by atoms with Crippen molar-refractivity contribution in [2.45, 2.75) is 51.1 Å². The molecule has 0 aliphatic carbocycles. The van der Waals surface area contributed by atoms with Gasteiger partial charge in [-0.25, -0.2) is 14.5 Å². The first-order chi connectivity index (χ1) is 14.5. The molecule has 1 atom stereocenters. The van der Waals surface area contributed by atoms with Gasteiger partial charge in [-0.05, 0) is 12.8 Å². The van der Waals surface area contributed by atoms with Crippen molar-refractivity contribution in [2.24, 2.45) is 0 Å². The zero-order valence-electron chi connectivity index (χ0n) is 17.5. The second kappa shape index (κ2) is 8.42. The van der Waals surface area contributed by atoms with Gasteiger partial charge in [-0.15, -0.1) is 5.10 Å². The second-order valence-corrected chi connectivity index (χ2v) is 8.13. The summed E-state index contributed by atoms with van der Waals surface area (Å²) in [6, 6.07) is -0.179. The molecule has 3 amide bonds. The number of carbonyl (C=O) groups excluding carboxylic acids is 2. The molecule has 0 radical (unpaired) electrons. The van der Waals surface area contributed by atoms with Crippen LogP contribution < -0.4 is 5.32 Å². The van der Waals surface area contributed by atoms with E-state index in [1.807, 2.05) is 20.3 Å². The summed E-state index contributed by atoms with van der Waals surface area (Å²) in [7, 11) is 3.38. The van der Waals surface area contributed by atoms with Crippen molar-refractivity contribution in [1.29, 1.82) is 0 Å². The van der Waals surface area contributed by atoms with E-state index in [2.05, 4.69) is 20.6 Å². The smallest absolute Gasteiger partial charge is 0.317 e. The molecule has 1 saturated heterocycles. The summed E-state index contributed by atoms with van der Waals surface area (Å²) in [5.41, 5.74) is 1.15. The zero-order chi connectivity index (χ0) is 21.1. The molecule has 1 fully saturated rings. The molecule has 30 heavy (non-hydrogen) atoms. The Morgan fingerprint density at radius 1 is 1.33 bits per heavy atom. The Bertz CT molecular complexity index is 894. The molecule has 0 saturated carbocycles. The lowest BCUT2D eigenvalue weighted by atomic mass is 9.91. The summed E-state index contributed by atoms with van der Waals surface area (Å²) >= 11 is 0. The molecular weight excluding hydrogens is 388 g/mol. The first kappa shape index (κ1) is 20.3. The molecule has 0 bridgehead atoms. The Morgan fingerprint density at radius 2 is 2.20 bits per heavy atom. The van der Waals surface area contributed by atoms with Crippen LogP contribution in [0.25, 0.3) is 0 Å². The van der Waals surface area contributed by atoms with Crippen LogP contribution in [0, 0.1) is 0 Å². The first-order valence-electron chi connectivity index (χ1n) is 10.2. The largest absolute Gasteiger partial charge is 0.365 e. The molecule has 162 valence electrons. The highest BCUT2D eigenvalue weighted by atomic mass is 16.5. The van der Waals surface area contributed by atoms with Gasteiger partial charge >= 0.3 is 6.03 Å². The van der Waals surface area contributed by atoms with E-state index in [-0.39, 0.29) is 11.9 Å². The Kier molecular flexibility index (Phi) is 5.71. The maximum absolute atomic E-state index is 12.7. The molecule has 2 aromatic heterocycles. The number of amides is 3. The molecule has 2 aliphatic heterocycles. The number of piperidine rings is 1. The number of rotatable bonds is 5. The Labute approximate surface area is 175 Å². The molecule has 0 aromatic carbocycles. The van der Waals surface area contributed by atoms with Gasteiger partial charge in [0.25, 0.3) is 0 Å². The van der Waals surface area contributed by atoms with Gasteiger partial charge in [0, 0.05) is 46.0 Å². The van der Waals surface area contributed by atoms with E-state index in [1.54, 1.807) is 26.6 Å². The number of hydrogen-bond acceptors (Lipinski definition) is 6. The molecule has 4 heterocycles. The normalized spacial score (nSPS) is 20.8. The van der Waals surface area contributed by atoms with Crippen molar-refractivity contribution in [2.75, 3.05) is 27.2 Å². The average molecular weight is 416 g/mol. The second-order valence-electron chi connectivity index (χ2n) is 8.13. The number of carbonyl (C=O) groups is 2. The van der Waals surface area contributed by atoms with Gasteiger partial charge in [0.1, 0.15) is 11.3 Å². The van der Waals surface area contributed by atoms with Crippen molar-refractivity contribution >= 4 is 11.9 Å². The number of aromatic nitrogens is 5. The van der Waals surface area contributed by atoms with Crippen LogP contribution in [0.15, 0.2) is 18.7 Å². The van der Waals surface area contributed by atoms with E-state index in [0.717, 1.165) is 25.1 Å². The molecule has 1 N–H and O–H groups in total. The fraction of sp³-hybridized carbons (Fsp3) is 0.632. The minimum absolute atomic E-state index is 0.128. The van der Waals surface area contributed by atoms with E-state index < -0.39 is 5.60 Å². The number of imidazole rings is 1. The molecular formula is C19H28N8O3. The summed E-state index contributed by atoms with van der Waals surface area (Å²) in [4.78, 5) is 31.9. The summed E-state index contributed by atoms with van der Waals surface area (Å²) in [6.45, 7) is 3.17. The number of likely N-dealkylation sites (tertiary alicyclic amines) is 1. The highest BCUT2D eigenvalue weighted by Gasteiger charge is 2.42. The predicted octanol–water partition coefficient (Wildman–Crippen LogP) is 0.228. The number of hydrogen-bond donors (Lipinski definition) is 1. The van der Waals surface area contributed by atoms with Crippen LogP contribution in [0.3, 0.4) is 0 Å². The number of nitrogens with one attached hydrogen (secondary N) is 1. The minimum Gasteiger partial charge on any atom is -0.365 e. The number of urea groups is 1. The van der Waals surface area contributed by atoms with E-state index in [1.165, 1.54) is 4.90 Å². The number of fused-ring (bicyclic) bond motifs is 1. The standard InChI is InChI=1S/C19H28N8O3/c1-24(2)18(29)21-10-15-16-11-30-19(13-27(16)23-22-15)5-3-7-26(12-19)17(28)4-8-25-9-6-20-14-25/h6,9,14H,3-5,7-8,10-13H2,1-2H3,(H,21,29). The Balaban J connectivity index is 1.37. The van der Waals surface area contributed by atoms with Crippen molar-refractivity contribution in [3.8, 4) is 0 Å². The monoisotopic (exact) mass is 416 g/mol. The van der Waals surface area contributed by atoms with Crippen LogP contribution in [-0.2, 0) is 35.8 Å². The van der Waals surface area contributed by atoms with Gasteiger partial charge in [0.05, 0.1) is 38.3 Å². The van der Waals surface area contributed by atoms with Crippen LogP contribution in [0.1, 0.15) is 30.7 Å². The van der Waals surface area contributed by atoms with Crippen molar-refractivity contribution in [1.82, 2.24) is 39.7 Å². The van der Waals surface area contributed by atoms with Crippen LogP contribution >= 0.6 is 0 Å². The van der Waals surface area contributed by atoms with Crippen LogP contribution in [0.2, 0.25) is 0 Å². The fourth-order valence-electron chi connectivity index (χ4n) is 4.01. The highest BCUT2D eigenvalue weighted by molar-refractivity contribution is 5.76. The van der Waals surface area contributed by atoms with Crippen LogP contribution in [-0.4, -0.2) is 79.1 Å². The maximum Gasteiger partial charge on any atom is 0.317 e. The molecule has 1 unspecified atom stereocenters. The average Bonchev–Trinajstić information content (AvgIpc) is 3.39. The van der Waals surface area contributed by atoms with Crippen molar-refractivity contribution in [3.05, 3.63) is 30.1 Å². The molecule has 1 spiro atoms. The Hall–Kier alpha value is -2.95. The van der Waals surface area contributed by atoms with Gasteiger partial charge in [0.2, 0.25) is 5.91 Å². The third kappa shape index (κ3) is 4.30. The van der Waals surface area contributed by atoms with Crippen LogP contribution in [0.5, 0.6) is 0 Å². The van der Waals surface area contributed by atoms with E-state index in [0.29, 0.717) is 44.9 Å². The zero-order valence-corrected chi connectivity index (χ0v) is 17.5. The SMILES string of the molecule is CN(C)C(=O)NCc1nnn2c1COC1(CCCN(C(=O)CCn3ccnc3)C1)C2. The molecule has 11 heteroatoms. The van der Waals surface area contributed by atoms with Gasteiger partial charge < -0.3 is 24.4 Å². The van der Waals surface area contributed by atoms with Gasteiger partial charge in [-0.3, -0.25) is 4.79 Å². The predicted molar refractivity (Wildman–Crippen MR) is 106 cm³/mol. The third-order valence-corrected chi connectivity index (χ3v) is 5.72. The molecule has 4 rings (SSSR count). The van der Waals surface area contributed by atoms with Crippen molar-refractivity contribution < 1.29 is 14.3 Å². The van der Waals surface area contributed by atoms with E-state index >= 15 is 0 Å². The van der Waals surface area contributed by atoms with Crippen molar-refractivity contribution in [3.63, 3.8) is 0 Å². The highest BCUT2D eigenvalue weighted by Crippen LogP contribution is 2.32. The van der Waals surface area contributed by atoms with E-state index in [9.17, 15) is 9.59 Å². The van der Waals surface area contributed by atoms with Gasteiger partial charge in [0.15, 0.2) is 0 Å². The quantitative estimate of drug-likeness (QED) is 0.747. The lowest BCUT2D eigenvalue weighted by molar-refractivity contribution is -0.153. The summed E-state index contributed by atoms with van der Waals surface area (Å²) in [5.74, 6) is 0.128. The fourth-order valence-corrected chi connectivity index (χ4v) is 4.01. The lowest BCUT2D eigenvalue weighted by Gasteiger charge is -2.44. The minimum atomic E-state index is -0.437. The number of ether oxygens (including phenoxy) is 1. The summed E-state index contributed by atoms with van der Waals surface area (Å²) in [6.07, 6.45) is 7.51. The van der Waals surface area contributed by atoms with Gasteiger partial charge in [-0.2, -0.15) is 0 Å². The first-order valence-corrected chi connectivity index (χ1v) is 10.2. The number of nitrogens with zero attached hydrogens (tertiary/aromatic N) is 7. The lowest BCUT2D eigenvalue weighted by Crippen LogP contribution is -2.55. The van der Waals surface area contributed by atoms with Crippen LogP contribution in [0.4, 0.5) is 4.79 Å². The third-order valence-electron chi connectivity index (χ3n) is 5.72. The molecule has 11 nitrogen and oxygen atoms in total. The summed E-state index contributed by atoms with van der Waals surface area (Å²) in [5, 5.41) is 11.3.